The van der Waals surface area contributed by atoms with Gasteiger partial charge in [0.15, 0.2) is 0 Å². The molecule has 1 fully saturated rings. The van der Waals surface area contributed by atoms with E-state index in [1.807, 2.05) is 30.3 Å². The van der Waals surface area contributed by atoms with E-state index in [2.05, 4.69) is 15.5 Å². The number of rotatable bonds is 5. The summed E-state index contributed by atoms with van der Waals surface area (Å²) in [6.07, 6.45) is 2.30. The Labute approximate surface area is 145 Å². The number of halogens is 2. The van der Waals surface area contributed by atoms with Gasteiger partial charge >= 0.3 is 6.03 Å². The Morgan fingerprint density at radius 1 is 1.08 bits per heavy atom. The maximum absolute atomic E-state index is 13.6. The molecule has 1 aliphatic rings. The van der Waals surface area contributed by atoms with Crippen molar-refractivity contribution in [3.63, 3.8) is 0 Å². The Kier molecular flexibility index (Phi) is 5.60. The average molecular weight is 345 g/mol. The van der Waals surface area contributed by atoms with Crippen LogP contribution in [0, 0.1) is 11.6 Å². The summed E-state index contributed by atoms with van der Waals surface area (Å²) >= 11 is 0. The molecule has 6 heteroatoms. The van der Waals surface area contributed by atoms with Crippen molar-refractivity contribution in [1.82, 2.24) is 10.2 Å². The minimum absolute atomic E-state index is 0.0451. The van der Waals surface area contributed by atoms with Gasteiger partial charge in [0.2, 0.25) is 0 Å². The molecule has 3 rings (SSSR count). The van der Waals surface area contributed by atoms with E-state index in [0.29, 0.717) is 6.54 Å². The number of nitrogens with one attached hydrogen (secondary N) is 2. The standard InChI is InChI=1S/C19H21F2N3O/c20-15-8-9-17(16(21)12-15)23-19(25)22-13-18(24-10-4-5-11-24)14-6-2-1-3-7-14/h1-3,6-9,12,18H,4-5,10-11,13H2,(H2,22,23,25). The van der Waals surface area contributed by atoms with Crippen molar-refractivity contribution < 1.29 is 13.6 Å². The van der Waals surface area contributed by atoms with Crippen LogP contribution in [-0.2, 0) is 0 Å². The molecule has 2 amide bonds. The fourth-order valence-corrected chi connectivity index (χ4v) is 3.13. The number of carbonyl (C=O) groups excluding carboxylic acids is 1. The zero-order valence-corrected chi connectivity index (χ0v) is 13.8. The average Bonchev–Trinajstić information content (AvgIpc) is 3.13. The summed E-state index contributed by atoms with van der Waals surface area (Å²) in [6.45, 7) is 2.41. The minimum atomic E-state index is -0.797. The highest BCUT2D eigenvalue weighted by Crippen LogP contribution is 2.24. The minimum Gasteiger partial charge on any atom is -0.336 e. The highest BCUT2D eigenvalue weighted by atomic mass is 19.1. The molecule has 2 N–H and O–H groups in total. The van der Waals surface area contributed by atoms with Crippen molar-refractivity contribution in [3.05, 3.63) is 65.7 Å². The molecular weight excluding hydrogens is 324 g/mol. The van der Waals surface area contributed by atoms with Crippen LogP contribution in [0.25, 0.3) is 0 Å². The van der Waals surface area contributed by atoms with Crippen LogP contribution in [0.4, 0.5) is 19.3 Å². The molecule has 1 aliphatic heterocycles. The number of likely N-dealkylation sites (tertiary alicyclic amines) is 1. The SMILES string of the molecule is O=C(NCC(c1ccccc1)N1CCCC1)Nc1ccc(F)cc1F. The lowest BCUT2D eigenvalue weighted by Crippen LogP contribution is -2.38. The molecule has 1 atom stereocenters. The summed E-state index contributed by atoms with van der Waals surface area (Å²) < 4.78 is 26.6. The molecule has 4 nitrogen and oxygen atoms in total. The molecule has 0 spiro atoms. The number of benzene rings is 2. The Hall–Kier alpha value is -2.47. The maximum Gasteiger partial charge on any atom is 0.319 e. The van der Waals surface area contributed by atoms with Gasteiger partial charge in [-0.1, -0.05) is 30.3 Å². The number of nitrogens with zero attached hydrogens (tertiary/aromatic N) is 1. The smallest absolute Gasteiger partial charge is 0.319 e. The van der Waals surface area contributed by atoms with Crippen LogP contribution in [0.2, 0.25) is 0 Å². The van der Waals surface area contributed by atoms with Crippen LogP contribution in [0.5, 0.6) is 0 Å². The summed E-state index contributed by atoms with van der Waals surface area (Å²) in [5.41, 5.74) is 1.09. The molecule has 0 aliphatic carbocycles. The fraction of sp³-hybridized carbons (Fsp3) is 0.316. The van der Waals surface area contributed by atoms with Crippen molar-refractivity contribution in [2.45, 2.75) is 18.9 Å². The Morgan fingerprint density at radius 2 is 1.80 bits per heavy atom. The van der Waals surface area contributed by atoms with E-state index >= 15 is 0 Å². The van der Waals surface area contributed by atoms with Gasteiger partial charge in [-0.15, -0.1) is 0 Å². The van der Waals surface area contributed by atoms with Gasteiger partial charge in [0.25, 0.3) is 0 Å². The zero-order valence-electron chi connectivity index (χ0n) is 13.8. The van der Waals surface area contributed by atoms with Crippen LogP contribution in [0.1, 0.15) is 24.4 Å². The molecule has 0 saturated carbocycles. The molecule has 0 aromatic heterocycles. The van der Waals surface area contributed by atoms with Gasteiger partial charge in [-0.25, -0.2) is 13.6 Å². The lowest BCUT2D eigenvalue weighted by atomic mass is 10.1. The van der Waals surface area contributed by atoms with E-state index in [4.69, 9.17) is 0 Å². The second-order valence-electron chi connectivity index (χ2n) is 6.13. The van der Waals surface area contributed by atoms with Crippen molar-refractivity contribution in [2.75, 3.05) is 25.0 Å². The predicted molar refractivity (Wildman–Crippen MR) is 93.4 cm³/mol. The van der Waals surface area contributed by atoms with E-state index < -0.39 is 17.7 Å². The van der Waals surface area contributed by atoms with Gasteiger partial charge in [0.1, 0.15) is 11.6 Å². The normalized spacial score (nSPS) is 15.8. The highest BCUT2D eigenvalue weighted by Gasteiger charge is 2.23. The molecule has 0 bridgehead atoms. The van der Waals surface area contributed by atoms with E-state index in [0.717, 1.165) is 43.6 Å². The van der Waals surface area contributed by atoms with Crippen LogP contribution in [-0.4, -0.2) is 30.6 Å². The number of urea groups is 1. The lowest BCUT2D eigenvalue weighted by Gasteiger charge is -2.28. The topological polar surface area (TPSA) is 44.4 Å². The number of carbonyl (C=O) groups is 1. The second-order valence-corrected chi connectivity index (χ2v) is 6.13. The number of hydrogen-bond donors (Lipinski definition) is 2. The van der Waals surface area contributed by atoms with Crippen molar-refractivity contribution in [1.29, 1.82) is 0 Å². The Bertz CT molecular complexity index is 718. The molecule has 1 heterocycles. The molecule has 2 aromatic carbocycles. The van der Waals surface area contributed by atoms with Crippen molar-refractivity contribution in [3.8, 4) is 0 Å². The first kappa shape index (κ1) is 17.4. The van der Waals surface area contributed by atoms with Gasteiger partial charge in [-0.2, -0.15) is 0 Å². The third-order valence-corrected chi connectivity index (χ3v) is 4.40. The fourth-order valence-electron chi connectivity index (χ4n) is 3.13. The number of amides is 2. The summed E-state index contributed by atoms with van der Waals surface area (Å²) in [5, 5.41) is 5.22. The quantitative estimate of drug-likeness (QED) is 0.863. The molecule has 132 valence electrons. The van der Waals surface area contributed by atoms with Gasteiger partial charge in [-0.3, -0.25) is 4.90 Å². The van der Waals surface area contributed by atoms with E-state index in [9.17, 15) is 13.6 Å². The van der Waals surface area contributed by atoms with E-state index in [1.54, 1.807) is 0 Å². The van der Waals surface area contributed by atoms with Crippen LogP contribution in [0.15, 0.2) is 48.5 Å². The third-order valence-electron chi connectivity index (χ3n) is 4.40. The highest BCUT2D eigenvalue weighted by molar-refractivity contribution is 5.89. The first-order valence-corrected chi connectivity index (χ1v) is 8.42. The Morgan fingerprint density at radius 3 is 2.48 bits per heavy atom. The number of hydrogen-bond acceptors (Lipinski definition) is 2. The largest absolute Gasteiger partial charge is 0.336 e. The molecular formula is C19H21F2N3O. The summed E-state index contributed by atoms with van der Waals surface area (Å²) in [6, 6.07) is 12.6. The van der Waals surface area contributed by atoms with Crippen molar-refractivity contribution >= 4 is 11.7 Å². The molecule has 2 aromatic rings. The summed E-state index contributed by atoms with van der Waals surface area (Å²) in [7, 11) is 0. The van der Waals surface area contributed by atoms with Crippen LogP contribution >= 0.6 is 0 Å². The second kappa shape index (κ2) is 8.07. The maximum atomic E-state index is 13.6. The molecule has 25 heavy (non-hydrogen) atoms. The van der Waals surface area contributed by atoms with Gasteiger partial charge in [0.05, 0.1) is 11.7 Å². The predicted octanol–water partition coefficient (Wildman–Crippen LogP) is 3.92. The van der Waals surface area contributed by atoms with E-state index in [-0.39, 0.29) is 11.7 Å². The lowest BCUT2D eigenvalue weighted by molar-refractivity contribution is 0.227. The third kappa shape index (κ3) is 4.54. The zero-order chi connectivity index (χ0) is 17.6. The molecule has 0 radical (unpaired) electrons. The summed E-state index contributed by atoms with van der Waals surface area (Å²) in [5.74, 6) is -1.48. The Balaban J connectivity index is 1.63. The molecule has 1 saturated heterocycles. The van der Waals surface area contributed by atoms with Gasteiger partial charge < -0.3 is 10.6 Å². The molecule has 1 unspecified atom stereocenters. The van der Waals surface area contributed by atoms with Gasteiger partial charge in [0, 0.05) is 12.6 Å². The first-order valence-electron chi connectivity index (χ1n) is 8.42. The van der Waals surface area contributed by atoms with Crippen LogP contribution in [0.3, 0.4) is 0 Å². The van der Waals surface area contributed by atoms with Crippen molar-refractivity contribution in [2.24, 2.45) is 0 Å². The monoisotopic (exact) mass is 345 g/mol. The van der Waals surface area contributed by atoms with E-state index in [1.165, 1.54) is 6.07 Å². The van der Waals surface area contributed by atoms with Crippen LogP contribution < -0.4 is 10.6 Å². The number of anilines is 1. The summed E-state index contributed by atoms with van der Waals surface area (Å²) in [4.78, 5) is 14.4. The van der Waals surface area contributed by atoms with Gasteiger partial charge in [-0.05, 0) is 43.6 Å². The first-order chi connectivity index (χ1) is 12.1.